The summed E-state index contributed by atoms with van der Waals surface area (Å²) in [5.74, 6) is 0.731. The predicted molar refractivity (Wildman–Crippen MR) is 76.1 cm³/mol. The minimum absolute atomic E-state index is 0.731. The van der Waals surface area contributed by atoms with Gasteiger partial charge in [-0.05, 0) is 55.0 Å². The standard InChI is InChI=1S/C17H15NO/c1-2-7-13(8-3-1)17-18-16-14-9-5-4-6-12(14)10-11-15(16)19-17/h1-3,7-8,10-11H,4-6,9H2. The number of aromatic nitrogens is 1. The van der Waals surface area contributed by atoms with E-state index in [4.69, 9.17) is 9.40 Å². The molecule has 0 N–H and O–H groups in total. The molecule has 0 amide bonds. The zero-order chi connectivity index (χ0) is 12.7. The molecule has 94 valence electrons. The van der Waals surface area contributed by atoms with Crippen LogP contribution in [-0.2, 0) is 12.8 Å². The van der Waals surface area contributed by atoms with E-state index in [1.54, 1.807) is 0 Å². The van der Waals surface area contributed by atoms with Crippen LogP contribution in [0.3, 0.4) is 0 Å². The molecule has 1 aromatic heterocycles. The van der Waals surface area contributed by atoms with Crippen molar-refractivity contribution in [1.82, 2.24) is 4.98 Å². The molecule has 2 heteroatoms. The Balaban J connectivity index is 1.92. The van der Waals surface area contributed by atoms with Crippen molar-refractivity contribution in [1.29, 1.82) is 0 Å². The van der Waals surface area contributed by atoms with Crippen molar-refractivity contribution in [3.8, 4) is 11.5 Å². The molecule has 0 spiro atoms. The van der Waals surface area contributed by atoms with Crippen LogP contribution in [0.4, 0.5) is 0 Å². The second kappa shape index (κ2) is 4.23. The highest BCUT2D eigenvalue weighted by molar-refractivity contribution is 5.81. The van der Waals surface area contributed by atoms with Crippen LogP contribution in [0.1, 0.15) is 24.0 Å². The molecule has 0 saturated heterocycles. The summed E-state index contributed by atoms with van der Waals surface area (Å²) in [6, 6.07) is 14.4. The maximum Gasteiger partial charge on any atom is 0.227 e. The maximum atomic E-state index is 5.91. The topological polar surface area (TPSA) is 26.0 Å². The number of aryl methyl sites for hydroxylation is 2. The van der Waals surface area contributed by atoms with Gasteiger partial charge in [0.15, 0.2) is 5.58 Å². The van der Waals surface area contributed by atoms with Crippen molar-refractivity contribution in [2.45, 2.75) is 25.7 Å². The zero-order valence-electron chi connectivity index (χ0n) is 10.7. The van der Waals surface area contributed by atoms with Crippen molar-refractivity contribution in [2.75, 3.05) is 0 Å². The molecule has 0 fully saturated rings. The summed E-state index contributed by atoms with van der Waals surface area (Å²) in [4.78, 5) is 4.73. The van der Waals surface area contributed by atoms with Crippen molar-refractivity contribution in [2.24, 2.45) is 0 Å². The predicted octanol–water partition coefficient (Wildman–Crippen LogP) is 4.37. The van der Waals surface area contributed by atoms with Gasteiger partial charge in [-0.3, -0.25) is 0 Å². The third-order valence-electron chi connectivity index (χ3n) is 3.91. The average molecular weight is 249 g/mol. The molecule has 2 aromatic carbocycles. The molecule has 19 heavy (non-hydrogen) atoms. The number of hydrogen-bond acceptors (Lipinski definition) is 2. The molecule has 2 nitrogen and oxygen atoms in total. The third-order valence-corrected chi connectivity index (χ3v) is 3.91. The van der Waals surface area contributed by atoms with Crippen LogP contribution in [-0.4, -0.2) is 4.98 Å². The van der Waals surface area contributed by atoms with Crippen molar-refractivity contribution < 1.29 is 4.42 Å². The van der Waals surface area contributed by atoms with E-state index >= 15 is 0 Å². The van der Waals surface area contributed by atoms with E-state index in [1.807, 2.05) is 30.3 Å². The Hall–Kier alpha value is -2.09. The van der Waals surface area contributed by atoms with Crippen LogP contribution in [0.25, 0.3) is 22.6 Å². The molecule has 0 saturated carbocycles. The average Bonchev–Trinajstić information content (AvgIpc) is 2.93. The molecule has 0 unspecified atom stereocenters. The minimum Gasteiger partial charge on any atom is -0.436 e. The van der Waals surface area contributed by atoms with Gasteiger partial charge in [-0.1, -0.05) is 24.3 Å². The summed E-state index contributed by atoms with van der Waals surface area (Å²) in [6.07, 6.45) is 4.87. The van der Waals surface area contributed by atoms with Crippen LogP contribution >= 0.6 is 0 Å². The van der Waals surface area contributed by atoms with Gasteiger partial charge in [0.2, 0.25) is 5.89 Å². The van der Waals surface area contributed by atoms with Gasteiger partial charge in [0, 0.05) is 5.56 Å². The molecule has 0 atom stereocenters. The molecule has 1 aliphatic carbocycles. The van der Waals surface area contributed by atoms with Crippen LogP contribution in [0, 0.1) is 0 Å². The lowest BCUT2D eigenvalue weighted by Crippen LogP contribution is -2.02. The second-order valence-electron chi connectivity index (χ2n) is 5.14. The summed E-state index contributed by atoms with van der Waals surface area (Å²) >= 11 is 0. The van der Waals surface area contributed by atoms with Gasteiger partial charge in [-0.25, -0.2) is 4.98 Å². The first kappa shape index (κ1) is 10.8. The van der Waals surface area contributed by atoms with Gasteiger partial charge in [0.25, 0.3) is 0 Å². The Morgan fingerprint density at radius 1 is 0.895 bits per heavy atom. The Kier molecular flexibility index (Phi) is 2.41. The van der Waals surface area contributed by atoms with Gasteiger partial charge >= 0.3 is 0 Å². The molecular formula is C17H15NO. The third kappa shape index (κ3) is 1.75. The van der Waals surface area contributed by atoms with Crippen LogP contribution < -0.4 is 0 Å². The summed E-state index contributed by atoms with van der Waals surface area (Å²) in [5, 5.41) is 0. The summed E-state index contributed by atoms with van der Waals surface area (Å²) < 4.78 is 5.91. The van der Waals surface area contributed by atoms with Gasteiger partial charge < -0.3 is 4.42 Å². The van der Waals surface area contributed by atoms with E-state index in [1.165, 1.54) is 30.4 Å². The Labute approximate surface area is 112 Å². The molecule has 1 aliphatic rings. The minimum atomic E-state index is 0.731. The lowest BCUT2D eigenvalue weighted by molar-refractivity contribution is 0.619. The highest BCUT2D eigenvalue weighted by Crippen LogP contribution is 2.31. The number of rotatable bonds is 1. The van der Waals surface area contributed by atoms with Gasteiger partial charge in [-0.2, -0.15) is 0 Å². The van der Waals surface area contributed by atoms with E-state index in [9.17, 15) is 0 Å². The van der Waals surface area contributed by atoms with E-state index in [2.05, 4.69) is 12.1 Å². The summed E-state index contributed by atoms with van der Waals surface area (Å²) in [6.45, 7) is 0. The first-order valence-corrected chi connectivity index (χ1v) is 6.88. The fraction of sp³-hybridized carbons (Fsp3) is 0.235. The summed E-state index contributed by atoms with van der Waals surface area (Å²) in [5.41, 5.74) is 5.88. The molecule has 0 radical (unpaired) electrons. The SMILES string of the molecule is c1ccc(-c2nc3c4c(ccc3o2)CCCC4)cc1. The lowest BCUT2D eigenvalue weighted by atomic mass is 9.91. The number of hydrogen-bond donors (Lipinski definition) is 0. The number of benzene rings is 2. The largest absolute Gasteiger partial charge is 0.436 e. The Morgan fingerprint density at radius 3 is 2.63 bits per heavy atom. The zero-order valence-corrected chi connectivity index (χ0v) is 10.7. The highest BCUT2D eigenvalue weighted by Gasteiger charge is 2.17. The first-order chi connectivity index (χ1) is 9.42. The molecule has 3 aromatic rings. The van der Waals surface area contributed by atoms with Crippen LogP contribution in [0.2, 0.25) is 0 Å². The second-order valence-corrected chi connectivity index (χ2v) is 5.14. The quantitative estimate of drug-likeness (QED) is 0.640. The molecule has 0 bridgehead atoms. The van der Waals surface area contributed by atoms with Crippen molar-refractivity contribution in [3.63, 3.8) is 0 Å². The smallest absolute Gasteiger partial charge is 0.227 e. The van der Waals surface area contributed by atoms with Gasteiger partial charge in [0.05, 0.1) is 0 Å². The normalized spacial score (nSPS) is 14.5. The summed E-state index contributed by atoms with van der Waals surface area (Å²) in [7, 11) is 0. The molecular weight excluding hydrogens is 234 g/mol. The van der Waals surface area contributed by atoms with Crippen molar-refractivity contribution >= 4 is 11.1 Å². The fourth-order valence-corrected chi connectivity index (χ4v) is 2.92. The van der Waals surface area contributed by atoms with Gasteiger partial charge in [-0.15, -0.1) is 0 Å². The Morgan fingerprint density at radius 2 is 1.74 bits per heavy atom. The molecule has 0 aliphatic heterocycles. The van der Waals surface area contributed by atoms with Crippen LogP contribution in [0.15, 0.2) is 46.9 Å². The number of fused-ring (bicyclic) bond motifs is 3. The van der Waals surface area contributed by atoms with E-state index in [0.29, 0.717) is 0 Å². The van der Waals surface area contributed by atoms with E-state index in [0.717, 1.165) is 29.0 Å². The number of nitrogens with zero attached hydrogens (tertiary/aromatic N) is 1. The van der Waals surface area contributed by atoms with E-state index < -0.39 is 0 Å². The first-order valence-electron chi connectivity index (χ1n) is 6.88. The molecule has 4 rings (SSSR count). The van der Waals surface area contributed by atoms with Crippen molar-refractivity contribution in [3.05, 3.63) is 53.6 Å². The lowest BCUT2D eigenvalue weighted by Gasteiger charge is -2.14. The Bertz CT molecular complexity index is 728. The fourth-order valence-electron chi connectivity index (χ4n) is 2.92. The maximum absolute atomic E-state index is 5.91. The number of oxazole rings is 1. The molecule has 1 heterocycles. The van der Waals surface area contributed by atoms with Gasteiger partial charge in [0.1, 0.15) is 5.52 Å². The van der Waals surface area contributed by atoms with E-state index in [-0.39, 0.29) is 0 Å². The highest BCUT2D eigenvalue weighted by atomic mass is 16.3. The van der Waals surface area contributed by atoms with Crippen LogP contribution in [0.5, 0.6) is 0 Å². The monoisotopic (exact) mass is 249 g/mol.